The van der Waals surface area contributed by atoms with E-state index in [0.29, 0.717) is 0 Å². The highest BCUT2D eigenvalue weighted by atomic mass is 16.7. The predicted octanol–water partition coefficient (Wildman–Crippen LogP) is 0.548. The summed E-state index contributed by atoms with van der Waals surface area (Å²) in [6.07, 6.45) is 1.42. The number of rotatable bonds is 4. The lowest BCUT2D eigenvalue weighted by Gasteiger charge is -2.03. The molecule has 74 valence electrons. The quantitative estimate of drug-likeness (QED) is 0.503. The zero-order chi connectivity index (χ0) is 9.98. The van der Waals surface area contributed by atoms with Crippen LogP contribution in [-0.4, -0.2) is 32.8 Å². The van der Waals surface area contributed by atoms with E-state index in [0.717, 1.165) is 12.7 Å². The number of hydrogen-bond donors (Lipinski definition) is 1. The Labute approximate surface area is 74.0 Å². The molecule has 4 nitrogen and oxygen atoms in total. The van der Waals surface area contributed by atoms with Crippen molar-refractivity contribution in [3.63, 3.8) is 0 Å². The van der Waals surface area contributed by atoms with Crippen molar-refractivity contribution >= 4 is 6.29 Å². The van der Waals surface area contributed by atoms with Crippen molar-refractivity contribution in [2.75, 3.05) is 14.2 Å². The van der Waals surface area contributed by atoms with Crippen LogP contribution in [0.4, 0.5) is 0 Å². The Hall–Kier alpha value is -0.450. The molecule has 4 heteroatoms. The second-order valence-corrected chi connectivity index (χ2v) is 2.25. The molecule has 1 atom stereocenters. The summed E-state index contributed by atoms with van der Waals surface area (Å²) in [5.74, 6) is 0. The van der Waals surface area contributed by atoms with Gasteiger partial charge >= 0.3 is 0 Å². The lowest BCUT2D eigenvalue weighted by molar-refractivity contribution is -0.108. The molecule has 1 unspecified atom stereocenters. The van der Waals surface area contributed by atoms with E-state index in [1.165, 1.54) is 0 Å². The second-order valence-electron chi connectivity index (χ2n) is 2.25. The summed E-state index contributed by atoms with van der Waals surface area (Å²) in [6, 6.07) is -0.245. The zero-order valence-electron chi connectivity index (χ0n) is 8.24. The molecule has 0 aromatic heterocycles. The molecule has 0 aliphatic carbocycles. The monoisotopic (exact) mass is 177 g/mol. The molecular formula is C8H19NO3. The maximum absolute atomic E-state index is 9.61. The summed E-state index contributed by atoms with van der Waals surface area (Å²) in [5.41, 5.74) is 5.10. The molecule has 12 heavy (non-hydrogen) atoms. The molecule has 0 fully saturated rings. The highest BCUT2D eigenvalue weighted by Gasteiger charge is 1.89. The SMILES string of the molecule is CCC(N)C=O.COC(C)OC. The van der Waals surface area contributed by atoms with Crippen LogP contribution in [0.3, 0.4) is 0 Å². The van der Waals surface area contributed by atoms with E-state index in [9.17, 15) is 4.79 Å². The lowest BCUT2D eigenvalue weighted by atomic mass is 10.3. The Morgan fingerprint density at radius 3 is 1.83 bits per heavy atom. The summed E-state index contributed by atoms with van der Waals surface area (Å²) in [5, 5.41) is 0. The fraction of sp³-hybridized carbons (Fsp3) is 0.875. The van der Waals surface area contributed by atoms with Gasteiger partial charge in [0, 0.05) is 14.2 Å². The van der Waals surface area contributed by atoms with E-state index in [4.69, 9.17) is 5.73 Å². The van der Waals surface area contributed by atoms with Crippen molar-refractivity contribution in [1.82, 2.24) is 0 Å². The second kappa shape index (κ2) is 10.6. The first-order valence-corrected chi connectivity index (χ1v) is 3.88. The number of carbonyl (C=O) groups is 1. The van der Waals surface area contributed by atoms with Crippen LogP contribution in [0.25, 0.3) is 0 Å². The van der Waals surface area contributed by atoms with Gasteiger partial charge in [-0.05, 0) is 13.3 Å². The average molecular weight is 177 g/mol. The standard InChI is InChI=1S/C4H9NO.C4H10O2/c1-2-4(5)3-6;1-4(5-2)6-3/h3-4H,2,5H2,1H3;4H,1-3H3. The molecule has 0 aromatic rings. The van der Waals surface area contributed by atoms with Crippen LogP contribution in [0.15, 0.2) is 0 Å². The van der Waals surface area contributed by atoms with E-state index in [-0.39, 0.29) is 12.3 Å². The first-order chi connectivity index (χ1) is 5.62. The molecule has 0 spiro atoms. The topological polar surface area (TPSA) is 61.6 Å². The normalized spacial score (nSPS) is 11.8. The third-order valence-corrected chi connectivity index (χ3v) is 1.31. The van der Waals surface area contributed by atoms with Gasteiger partial charge in [0.05, 0.1) is 6.04 Å². The minimum atomic E-state index is -0.245. The Bertz CT molecular complexity index is 94.3. The van der Waals surface area contributed by atoms with Gasteiger partial charge in [-0.15, -0.1) is 0 Å². The van der Waals surface area contributed by atoms with Gasteiger partial charge in [0.25, 0.3) is 0 Å². The van der Waals surface area contributed by atoms with Crippen LogP contribution < -0.4 is 5.73 Å². The average Bonchev–Trinajstić information content (AvgIpc) is 2.16. The first-order valence-electron chi connectivity index (χ1n) is 3.88. The van der Waals surface area contributed by atoms with Gasteiger partial charge in [-0.3, -0.25) is 0 Å². The molecule has 0 amide bonds. The lowest BCUT2D eigenvalue weighted by Crippen LogP contribution is -2.19. The Kier molecular flexibility index (Phi) is 12.4. The smallest absolute Gasteiger partial charge is 0.154 e. The molecule has 0 aliphatic rings. The Balaban J connectivity index is 0. The van der Waals surface area contributed by atoms with Crippen molar-refractivity contribution in [2.24, 2.45) is 5.73 Å². The maximum atomic E-state index is 9.61. The third-order valence-electron chi connectivity index (χ3n) is 1.31. The highest BCUT2D eigenvalue weighted by Crippen LogP contribution is 1.83. The van der Waals surface area contributed by atoms with Crippen LogP contribution in [-0.2, 0) is 14.3 Å². The van der Waals surface area contributed by atoms with Crippen LogP contribution in [0.1, 0.15) is 20.3 Å². The predicted molar refractivity (Wildman–Crippen MR) is 47.8 cm³/mol. The van der Waals surface area contributed by atoms with Crippen molar-refractivity contribution in [2.45, 2.75) is 32.6 Å². The molecule has 0 heterocycles. The number of aldehydes is 1. The van der Waals surface area contributed by atoms with Gasteiger partial charge in [0.2, 0.25) is 0 Å². The molecule has 0 radical (unpaired) electrons. The van der Waals surface area contributed by atoms with Crippen molar-refractivity contribution < 1.29 is 14.3 Å². The minimum Gasteiger partial charge on any atom is -0.356 e. The Morgan fingerprint density at radius 2 is 1.83 bits per heavy atom. The zero-order valence-corrected chi connectivity index (χ0v) is 8.24. The molecule has 0 aromatic carbocycles. The molecule has 0 bridgehead atoms. The Morgan fingerprint density at radius 1 is 1.42 bits per heavy atom. The molecular weight excluding hydrogens is 158 g/mol. The van der Waals surface area contributed by atoms with E-state index >= 15 is 0 Å². The molecule has 2 N–H and O–H groups in total. The third kappa shape index (κ3) is 12.2. The number of nitrogens with two attached hydrogens (primary N) is 1. The van der Waals surface area contributed by atoms with E-state index in [1.54, 1.807) is 14.2 Å². The van der Waals surface area contributed by atoms with Gasteiger partial charge in [-0.25, -0.2) is 0 Å². The minimum absolute atomic E-state index is 0.0648. The summed E-state index contributed by atoms with van der Waals surface area (Å²) in [4.78, 5) is 9.61. The van der Waals surface area contributed by atoms with E-state index < -0.39 is 0 Å². The molecule has 0 rings (SSSR count). The largest absolute Gasteiger partial charge is 0.356 e. The first kappa shape index (κ1) is 14.1. The van der Waals surface area contributed by atoms with E-state index in [1.807, 2.05) is 13.8 Å². The number of methoxy groups -OCH3 is 2. The van der Waals surface area contributed by atoms with Crippen molar-refractivity contribution in [3.05, 3.63) is 0 Å². The van der Waals surface area contributed by atoms with Crippen LogP contribution in [0.5, 0.6) is 0 Å². The number of hydrogen-bond acceptors (Lipinski definition) is 4. The summed E-state index contributed by atoms with van der Waals surface area (Å²) in [6.45, 7) is 3.71. The number of ether oxygens (including phenoxy) is 2. The van der Waals surface area contributed by atoms with Gasteiger partial charge in [0.15, 0.2) is 6.29 Å². The summed E-state index contributed by atoms with van der Waals surface area (Å²) < 4.78 is 9.35. The fourth-order valence-corrected chi connectivity index (χ4v) is 0.192. The van der Waals surface area contributed by atoms with Crippen LogP contribution in [0.2, 0.25) is 0 Å². The van der Waals surface area contributed by atoms with Crippen molar-refractivity contribution in [1.29, 1.82) is 0 Å². The van der Waals surface area contributed by atoms with Gasteiger partial charge in [-0.1, -0.05) is 6.92 Å². The highest BCUT2D eigenvalue weighted by molar-refractivity contribution is 5.56. The number of carbonyl (C=O) groups excluding carboxylic acids is 1. The van der Waals surface area contributed by atoms with E-state index in [2.05, 4.69) is 9.47 Å². The van der Waals surface area contributed by atoms with Crippen LogP contribution in [0, 0.1) is 0 Å². The molecule has 0 saturated carbocycles. The molecule has 0 saturated heterocycles. The van der Waals surface area contributed by atoms with Gasteiger partial charge in [-0.2, -0.15) is 0 Å². The maximum Gasteiger partial charge on any atom is 0.154 e. The van der Waals surface area contributed by atoms with Crippen LogP contribution >= 0.6 is 0 Å². The van der Waals surface area contributed by atoms with Gasteiger partial charge < -0.3 is 20.0 Å². The molecule has 0 aliphatic heterocycles. The fourth-order valence-electron chi connectivity index (χ4n) is 0.192. The summed E-state index contributed by atoms with van der Waals surface area (Å²) in [7, 11) is 3.21. The van der Waals surface area contributed by atoms with Crippen molar-refractivity contribution in [3.8, 4) is 0 Å². The van der Waals surface area contributed by atoms with Gasteiger partial charge in [0.1, 0.15) is 6.29 Å². The summed E-state index contributed by atoms with van der Waals surface area (Å²) >= 11 is 0.